The number of hydrogen-bond acceptors (Lipinski definition) is 3. The number of nitrogens with two attached hydrogens (primary N) is 1. The molecule has 0 aliphatic carbocycles. The first-order valence-corrected chi connectivity index (χ1v) is 7.81. The third-order valence-electron chi connectivity index (χ3n) is 3.67. The summed E-state index contributed by atoms with van der Waals surface area (Å²) in [7, 11) is 0. The molecule has 1 unspecified atom stereocenters. The lowest BCUT2D eigenvalue weighted by Gasteiger charge is -2.38. The van der Waals surface area contributed by atoms with Gasteiger partial charge in [-0.25, -0.2) is 0 Å². The van der Waals surface area contributed by atoms with Crippen molar-refractivity contribution in [1.82, 2.24) is 10.2 Å². The summed E-state index contributed by atoms with van der Waals surface area (Å²) in [6, 6.07) is 9.96. The third kappa shape index (κ3) is 4.55. The number of carbonyl (C=O) groups excluding carboxylic acids is 1. The molecule has 4 nitrogen and oxygen atoms in total. The minimum atomic E-state index is -0.847. The van der Waals surface area contributed by atoms with Gasteiger partial charge in [0.15, 0.2) is 0 Å². The lowest BCUT2D eigenvalue weighted by Crippen LogP contribution is -2.60. The van der Waals surface area contributed by atoms with Crippen molar-refractivity contribution in [3.63, 3.8) is 0 Å². The second-order valence-corrected chi connectivity index (χ2v) is 5.80. The molecule has 0 saturated carbocycles. The summed E-state index contributed by atoms with van der Waals surface area (Å²) in [5.41, 5.74) is 5.91. The standard InChI is InChI=1S/C17H29N3O/c1-5-12-20(6-2)13-17(16(18)21,19-14(3)4)15-10-8-7-9-11-15/h7-11,14,19H,5-6,12-13H2,1-4H3,(H2,18,21). The Morgan fingerprint density at radius 1 is 1.29 bits per heavy atom. The number of benzene rings is 1. The molecular weight excluding hydrogens is 262 g/mol. The molecule has 0 radical (unpaired) electrons. The summed E-state index contributed by atoms with van der Waals surface area (Å²) < 4.78 is 0. The molecule has 4 heteroatoms. The first-order chi connectivity index (χ1) is 9.96. The summed E-state index contributed by atoms with van der Waals surface area (Å²) in [5, 5.41) is 3.42. The van der Waals surface area contributed by atoms with Crippen LogP contribution in [0.3, 0.4) is 0 Å². The number of rotatable bonds is 9. The molecule has 21 heavy (non-hydrogen) atoms. The molecule has 0 spiro atoms. The average Bonchev–Trinajstić information content (AvgIpc) is 2.46. The van der Waals surface area contributed by atoms with Gasteiger partial charge in [-0.15, -0.1) is 0 Å². The highest BCUT2D eigenvalue weighted by molar-refractivity contribution is 5.86. The van der Waals surface area contributed by atoms with Crippen LogP contribution in [0.1, 0.15) is 39.7 Å². The molecule has 0 aliphatic heterocycles. The minimum Gasteiger partial charge on any atom is -0.368 e. The second-order valence-electron chi connectivity index (χ2n) is 5.80. The fourth-order valence-corrected chi connectivity index (χ4v) is 2.73. The van der Waals surface area contributed by atoms with Crippen molar-refractivity contribution in [3.05, 3.63) is 35.9 Å². The largest absolute Gasteiger partial charge is 0.368 e. The van der Waals surface area contributed by atoms with Crippen LogP contribution in [0.2, 0.25) is 0 Å². The Morgan fingerprint density at radius 3 is 2.33 bits per heavy atom. The van der Waals surface area contributed by atoms with E-state index in [9.17, 15) is 4.79 Å². The third-order valence-corrected chi connectivity index (χ3v) is 3.67. The SMILES string of the molecule is CCCN(CC)CC(NC(C)C)(C(N)=O)c1ccccc1. The molecule has 3 N–H and O–H groups in total. The fourth-order valence-electron chi connectivity index (χ4n) is 2.73. The first-order valence-electron chi connectivity index (χ1n) is 7.81. The van der Waals surface area contributed by atoms with E-state index in [-0.39, 0.29) is 11.9 Å². The van der Waals surface area contributed by atoms with Gasteiger partial charge in [0.05, 0.1) is 0 Å². The highest BCUT2D eigenvalue weighted by atomic mass is 16.1. The molecule has 1 aromatic carbocycles. The molecule has 1 rings (SSSR count). The van der Waals surface area contributed by atoms with E-state index >= 15 is 0 Å². The average molecular weight is 291 g/mol. The van der Waals surface area contributed by atoms with E-state index in [1.165, 1.54) is 0 Å². The van der Waals surface area contributed by atoms with Gasteiger partial charge in [0, 0.05) is 12.6 Å². The smallest absolute Gasteiger partial charge is 0.243 e. The lowest BCUT2D eigenvalue weighted by atomic mass is 9.87. The number of nitrogens with one attached hydrogen (secondary N) is 1. The van der Waals surface area contributed by atoms with Gasteiger partial charge in [-0.05, 0) is 38.9 Å². The molecule has 118 valence electrons. The Hall–Kier alpha value is -1.39. The van der Waals surface area contributed by atoms with Crippen LogP contribution in [0, 0.1) is 0 Å². The van der Waals surface area contributed by atoms with E-state index in [2.05, 4.69) is 24.1 Å². The Bertz CT molecular complexity index is 433. The Kier molecular flexibility index (Phi) is 6.85. The molecule has 0 heterocycles. The highest BCUT2D eigenvalue weighted by Crippen LogP contribution is 2.23. The van der Waals surface area contributed by atoms with Crippen LogP contribution in [0.5, 0.6) is 0 Å². The number of hydrogen-bond donors (Lipinski definition) is 2. The van der Waals surface area contributed by atoms with Crippen molar-refractivity contribution in [2.75, 3.05) is 19.6 Å². The lowest BCUT2D eigenvalue weighted by molar-refractivity contribution is -0.126. The number of nitrogens with zero attached hydrogens (tertiary/aromatic N) is 1. The molecule has 0 fully saturated rings. The van der Waals surface area contributed by atoms with Gasteiger partial charge >= 0.3 is 0 Å². The van der Waals surface area contributed by atoms with Crippen LogP contribution in [-0.2, 0) is 10.3 Å². The van der Waals surface area contributed by atoms with Gasteiger partial charge < -0.3 is 10.6 Å². The van der Waals surface area contributed by atoms with E-state index in [1.807, 2.05) is 44.2 Å². The molecule has 0 aliphatic rings. The molecule has 0 bridgehead atoms. The maximum Gasteiger partial charge on any atom is 0.243 e. The number of likely N-dealkylation sites (N-methyl/N-ethyl adjacent to an activating group) is 1. The van der Waals surface area contributed by atoms with Crippen molar-refractivity contribution in [1.29, 1.82) is 0 Å². The maximum absolute atomic E-state index is 12.3. The van der Waals surface area contributed by atoms with Crippen molar-refractivity contribution in [3.8, 4) is 0 Å². The van der Waals surface area contributed by atoms with Crippen molar-refractivity contribution < 1.29 is 4.79 Å². The van der Waals surface area contributed by atoms with Gasteiger partial charge in [0.2, 0.25) is 5.91 Å². The van der Waals surface area contributed by atoms with Crippen molar-refractivity contribution in [2.24, 2.45) is 5.73 Å². The van der Waals surface area contributed by atoms with Crippen LogP contribution in [-0.4, -0.2) is 36.5 Å². The summed E-state index contributed by atoms with van der Waals surface area (Å²) in [5.74, 6) is -0.322. The van der Waals surface area contributed by atoms with Crippen LogP contribution < -0.4 is 11.1 Å². The minimum absolute atomic E-state index is 0.165. The maximum atomic E-state index is 12.3. The first kappa shape index (κ1) is 17.7. The fraction of sp³-hybridized carbons (Fsp3) is 0.588. The summed E-state index contributed by atoms with van der Waals surface area (Å²) in [4.78, 5) is 14.6. The normalized spacial score (nSPS) is 14.4. The number of carbonyl (C=O) groups is 1. The Morgan fingerprint density at radius 2 is 1.90 bits per heavy atom. The number of amides is 1. The monoisotopic (exact) mass is 291 g/mol. The molecule has 1 aromatic rings. The molecule has 1 amide bonds. The van der Waals surface area contributed by atoms with Crippen molar-refractivity contribution >= 4 is 5.91 Å². The van der Waals surface area contributed by atoms with E-state index in [0.29, 0.717) is 6.54 Å². The van der Waals surface area contributed by atoms with Gasteiger partial charge in [-0.2, -0.15) is 0 Å². The van der Waals surface area contributed by atoms with E-state index in [0.717, 1.165) is 25.1 Å². The Labute approximate surface area is 128 Å². The van der Waals surface area contributed by atoms with Crippen molar-refractivity contribution in [2.45, 2.75) is 45.7 Å². The van der Waals surface area contributed by atoms with Gasteiger partial charge in [-0.3, -0.25) is 10.1 Å². The quantitative estimate of drug-likeness (QED) is 0.732. The van der Waals surface area contributed by atoms with Crippen LogP contribution in [0.4, 0.5) is 0 Å². The van der Waals surface area contributed by atoms with Gasteiger partial charge in [0.25, 0.3) is 0 Å². The van der Waals surface area contributed by atoms with Crippen LogP contribution >= 0.6 is 0 Å². The molecule has 1 atom stereocenters. The topological polar surface area (TPSA) is 58.4 Å². The predicted octanol–water partition coefficient (Wildman–Crippen LogP) is 2.10. The number of primary amides is 1. The summed E-state index contributed by atoms with van der Waals surface area (Å²) in [6.45, 7) is 10.8. The predicted molar refractivity (Wildman–Crippen MR) is 88.0 cm³/mol. The molecule has 0 saturated heterocycles. The van der Waals surface area contributed by atoms with Crippen LogP contribution in [0.15, 0.2) is 30.3 Å². The Balaban J connectivity index is 3.21. The van der Waals surface area contributed by atoms with E-state index in [1.54, 1.807) is 0 Å². The van der Waals surface area contributed by atoms with Gasteiger partial charge in [0.1, 0.15) is 5.54 Å². The second kappa shape index (κ2) is 8.15. The van der Waals surface area contributed by atoms with Gasteiger partial charge in [-0.1, -0.05) is 44.2 Å². The summed E-state index contributed by atoms with van der Waals surface area (Å²) >= 11 is 0. The summed E-state index contributed by atoms with van der Waals surface area (Å²) in [6.07, 6.45) is 1.05. The zero-order valence-electron chi connectivity index (χ0n) is 13.7. The van der Waals surface area contributed by atoms with Crippen LogP contribution in [0.25, 0.3) is 0 Å². The molecule has 0 aromatic heterocycles. The van der Waals surface area contributed by atoms with E-state index < -0.39 is 5.54 Å². The zero-order valence-corrected chi connectivity index (χ0v) is 13.7. The van der Waals surface area contributed by atoms with E-state index in [4.69, 9.17) is 5.73 Å². The highest BCUT2D eigenvalue weighted by Gasteiger charge is 2.40. The molecular formula is C17H29N3O. The zero-order chi connectivity index (χ0) is 15.9.